The van der Waals surface area contributed by atoms with E-state index in [2.05, 4.69) is 32.8 Å². The van der Waals surface area contributed by atoms with Crippen LogP contribution in [0, 0.1) is 6.92 Å². The Morgan fingerprint density at radius 3 is 2.63 bits per heavy atom. The van der Waals surface area contributed by atoms with Gasteiger partial charge in [-0.3, -0.25) is 0 Å². The summed E-state index contributed by atoms with van der Waals surface area (Å²) in [6, 6.07) is 7.90. The molecule has 0 aliphatic carbocycles. The number of methoxy groups -OCH3 is 2. The van der Waals surface area contributed by atoms with E-state index >= 15 is 0 Å². The van der Waals surface area contributed by atoms with Crippen LogP contribution >= 0.6 is 22.7 Å². The second kappa shape index (κ2) is 7.54. The van der Waals surface area contributed by atoms with Crippen molar-refractivity contribution in [1.29, 1.82) is 0 Å². The molecule has 154 valence electrons. The predicted octanol–water partition coefficient (Wildman–Crippen LogP) is 4.80. The minimum atomic E-state index is -0.715. The van der Waals surface area contributed by atoms with E-state index < -0.39 is 6.10 Å². The first kappa shape index (κ1) is 19.3. The molecule has 0 unspecified atom stereocenters. The third kappa shape index (κ3) is 3.03. The third-order valence-electron chi connectivity index (χ3n) is 5.40. The highest BCUT2D eigenvalue weighted by Crippen LogP contribution is 2.44. The van der Waals surface area contributed by atoms with Crippen molar-refractivity contribution in [1.82, 2.24) is 9.97 Å². The van der Waals surface area contributed by atoms with Crippen LogP contribution in [0.15, 0.2) is 35.0 Å². The Morgan fingerprint density at radius 2 is 1.90 bits per heavy atom. The molecule has 1 atom stereocenters. The van der Waals surface area contributed by atoms with E-state index in [-0.39, 0.29) is 0 Å². The molecule has 8 heteroatoms. The number of β-amino-alcohol motifs (C(OH)–C–C–N with tert-alkyl or cyclic N) is 1. The van der Waals surface area contributed by atoms with Crippen LogP contribution in [-0.2, 0) is 6.54 Å². The number of fused-ring (bicyclic) bond motifs is 2. The molecule has 6 nitrogen and oxygen atoms in total. The molecule has 4 aromatic rings. The number of anilines is 1. The fourth-order valence-electron chi connectivity index (χ4n) is 4.11. The number of aliphatic hydroxyl groups excluding tert-OH is 1. The van der Waals surface area contributed by atoms with Crippen LogP contribution in [0.4, 0.5) is 5.82 Å². The van der Waals surface area contributed by atoms with Crippen LogP contribution in [0.5, 0.6) is 11.5 Å². The highest BCUT2D eigenvalue weighted by Gasteiger charge is 2.32. The molecular weight excluding hydrogens is 418 g/mol. The van der Waals surface area contributed by atoms with Crippen LogP contribution < -0.4 is 14.4 Å². The van der Waals surface area contributed by atoms with Crippen LogP contribution in [0.3, 0.4) is 0 Å². The number of thiophene rings is 2. The average molecular weight is 440 g/mol. The summed E-state index contributed by atoms with van der Waals surface area (Å²) in [6.07, 6.45) is -0.715. The summed E-state index contributed by atoms with van der Waals surface area (Å²) in [7, 11) is 3.27. The molecule has 30 heavy (non-hydrogen) atoms. The van der Waals surface area contributed by atoms with Gasteiger partial charge in [0.05, 0.1) is 26.2 Å². The normalized spacial score (nSPS) is 16.0. The Morgan fingerprint density at radius 1 is 1.10 bits per heavy atom. The minimum Gasteiger partial charge on any atom is -0.496 e. The van der Waals surface area contributed by atoms with Gasteiger partial charge in [-0.2, -0.15) is 0 Å². The standard InChI is InChI=1S/C22H21N3O3S2/c1-12-23-21(20-14(11-30-22(20)24-12)18-5-4-8-29-18)25-9-13-16(27-2)6-7-17(28-3)19(13)15(26)10-25/h4-8,11,15,26H,9-10H2,1-3H3/t15-/m0/s1. The van der Waals surface area contributed by atoms with Gasteiger partial charge < -0.3 is 19.5 Å². The molecule has 5 rings (SSSR count). The largest absolute Gasteiger partial charge is 0.496 e. The van der Waals surface area contributed by atoms with Gasteiger partial charge in [0.25, 0.3) is 0 Å². The summed E-state index contributed by atoms with van der Waals surface area (Å²) < 4.78 is 11.1. The van der Waals surface area contributed by atoms with Crippen molar-refractivity contribution in [2.45, 2.75) is 19.6 Å². The highest BCUT2D eigenvalue weighted by molar-refractivity contribution is 7.18. The van der Waals surface area contributed by atoms with Crippen LogP contribution in [0.2, 0.25) is 0 Å². The molecule has 0 saturated heterocycles. The summed E-state index contributed by atoms with van der Waals surface area (Å²) in [5.41, 5.74) is 2.85. The Balaban J connectivity index is 1.68. The maximum atomic E-state index is 11.1. The molecule has 0 fully saturated rings. The number of benzene rings is 1. The molecule has 0 spiro atoms. The van der Waals surface area contributed by atoms with Gasteiger partial charge >= 0.3 is 0 Å². The second-order valence-electron chi connectivity index (χ2n) is 7.16. The Labute approximate surface area is 182 Å². The molecule has 1 aromatic carbocycles. The van der Waals surface area contributed by atoms with Crippen molar-refractivity contribution in [2.75, 3.05) is 25.7 Å². The van der Waals surface area contributed by atoms with E-state index in [1.807, 2.05) is 19.1 Å². The van der Waals surface area contributed by atoms with E-state index in [1.165, 1.54) is 4.88 Å². The van der Waals surface area contributed by atoms with Crippen molar-refractivity contribution >= 4 is 38.7 Å². The third-order valence-corrected chi connectivity index (χ3v) is 7.18. The van der Waals surface area contributed by atoms with Gasteiger partial charge in [-0.25, -0.2) is 9.97 Å². The van der Waals surface area contributed by atoms with Gasteiger partial charge in [-0.15, -0.1) is 22.7 Å². The zero-order valence-corrected chi connectivity index (χ0v) is 18.5. The Bertz CT molecular complexity index is 1220. The number of aryl methyl sites for hydroxylation is 1. The lowest BCUT2D eigenvalue weighted by Crippen LogP contribution is -2.35. The van der Waals surface area contributed by atoms with Crippen molar-refractivity contribution in [3.63, 3.8) is 0 Å². The van der Waals surface area contributed by atoms with E-state index in [0.717, 1.165) is 44.3 Å². The first-order valence-electron chi connectivity index (χ1n) is 9.57. The minimum absolute atomic E-state index is 0.418. The molecule has 1 aliphatic heterocycles. The van der Waals surface area contributed by atoms with Crippen molar-refractivity contribution in [2.24, 2.45) is 0 Å². The summed E-state index contributed by atoms with van der Waals surface area (Å²) in [6.45, 7) is 2.89. The smallest absolute Gasteiger partial charge is 0.142 e. The SMILES string of the molecule is COc1ccc(OC)c2c1CN(c1nc(C)nc3scc(-c4cccs4)c13)C[C@@H]2O. The average Bonchev–Trinajstić information content (AvgIpc) is 3.41. The monoisotopic (exact) mass is 439 g/mol. The maximum absolute atomic E-state index is 11.1. The van der Waals surface area contributed by atoms with Gasteiger partial charge in [0.15, 0.2) is 0 Å². The van der Waals surface area contributed by atoms with Crippen molar-refractivity contribution in [3.8, 4) is 21.9 Å². The molecule has 0 saturated carbocycles. The summed E-state index contributed by atoms with van der Waals surface area (Å²) >= 11 is 3.33. The van der Waals surface area contributed by atoms with Gasteiger partial charge in [-0.1, -0.05) is 6.07 Å². The predicted molar refractivity (Wildman–Crippen MR) is 121 cm³/mol. The number of aromatic nitrogens is 2. The number of hydrogen-bond acceptors (Lipinski definition) is 8. The first-order valence-corrected chi connectivity index (χ1v) is 11.3. The lowest BCUT2D eigenvalue weighted by molar-refractivity contribution is 0.169. The quantitative estimate of drug-likeness (QED) is 0.493. The molecule has 1 aliphatic rings. The molecule has 0 bridgehead atoms. The molecule has 1 N–H and O–H groups in total. The summed E-state index contributed by atoms with van der Waals surface area (Å²) in [5.74, 6) is 2.98. The number of rotatable bonds is 4. The number of hydrogen-bond donors (Lipinski definition) is 1. The lowest BCUT2D eigenvalue weighted by Gasteiger charge is -2.35. The number of aliphatic hydroxyl groups is 1. The zero-order valence-electron chi connectivity index (χ0n) is 16.9. The second-order valence-corrected chi connectivity index (χ2v) is 8.97. The molecule has 3 aromatic heterocycles. The molecule has 0 amide bonds. The topological polar surface area (TPSA) is 67.7 Å². The summed E-state index contributed by atoms with van der Waals surface area (Å²) in [5, 5.41) is 16.3. The number of nitrogens with zero attached hydrogens (tertiary/aromatic N) is 3. The van der Waals surface area contributed by atoms with Crippen LogP contribution in [-0.4, -0.2) is 35.8 Å². The van der Waals surface area contributed by atoms with E-state index in [4.69, 9.17) is 14.5 Å². The summed E-state index contributed by atoms with van der Waals surface area (Å²) in [4.78, 5) is 13.7. The van der Waals surface area contributed by atoms with E-state index in [0.29, 0.717) is 18.8 Å². The molecule has 0 radical (unpaired) electrons. The fourth-order valence-corrected chi connectivity index (χ4v) is 5.91. The van der Waals surface area contributed by atoms with Gasteiger partial charge in [0.1, 0.15) is 34.1 Å². The van der Waals surface area contributed by atoms with Crippen molar-refractivity contribution in [3.05, 3.63) is 52.0 Å². The highest BCUT2D eigenvalue weighted by atomic mass is 32.1. The fraction of sp³-hybridized carbons (Fsp3) is 0.273. The van der Waals surface area contributed by atoms with Gasteiger partial charge in [0.2, 0.25) is 0 Å². The van der Waals surface area contributed by atoms with Crippen molar-refractivity contribution < 1.29 is 14.6 Å². The molecule has 4 heterocycles. The Hall–Kier alpha value is -2.68. The lowest BCUT2D eigenvalue weighted by atomic mass is 9.95. The van der Waals surface area contributed by atoms with E-state index in [9.17, 15) is 5.11 Å². The zero-order chi connectivity index (χ0) is 20.8. The Kier molecular flexibility index (Phi) is 4.85. The van der Waals surface area contributed by atoms with E-state index in [1.54, 1.807) is 36.9 Å². The number of ether oxygens (including phenoxy) is 2. The first-order chi connectivity index (χ1) is 14.6. The maximum Gasteiger partial charge on any atom is 0.142 e. The van der Waals surface area contributed by atoms with Crippen LogP contribution in [0.1, 0.15) is 23.1 Å². The van der Waals surface area contributed by atoms with Gasteiger partial charge in [0, 0.05) is 33.5 Å². The van der Waals surface area contributed by atoms with Gasteiger partial charge in [-0.05, 0) is 30.5 Å². The molecular formula is C22H21N3O3S2. The van der Waals surface area contributed by atoms with Crippen LogP contribution in [0.25, 0.3) is 20.7 Å².